The molecule has 0 radical (unpaired) electrons. The number of ether oxygens (including phenoxy) is 1. The molecule has 1 saturated heterocycles. The Bertz CT molecular complexity index is 1430. The molecular weight excluding hydrogens is 439 g/mol. The molecule has 1 aliphatic heterocycles. The molecule has 1 aromatic carbocycles. The zero-order valence-corrected chi connectivity index (χ0v) is 18.7. The predicted octanol–water partition coefficient (Wildman–Crippen LogP) is 3.94. The minimum atomic E-state index is -1.73. The summed E-state index contributed by atoms with van der Waals surface area (Å²) in [6.45, 7) is 3.01. The Labute approximate surface area is 194 Å². The van der Waals surface area contributed by atoms with Crippen LogP contribution in [0.15, 0.2) is 30.5 Å². The van der Waals surface area contributed by atoms with Crippen molar-refractivity contribution in [2.75, 3.05) is 13.2 Å². The molecule has 2 fully saturated rings. The molecule has 3 aromatic heterocycles. The van der Waals surface area contributed by atoms with E-state index in [9.17, 15) is 19.4 Å². The number of nitrogens with one attached hydrogen (secondary N) is 1. The minimum absolute atomic E-state index is 0.128. The van der Waals surface area contributed by atoms with Gasteiger partial charge in [-0.05, 0) is 68.4 Å². The van der Waals surface area contributed by atoms with Gasteiger partial charge in [0.1, 0.15) is 5.82 Å². The van der Waals surface area contributed by atoms with Crippen LogP contribution < -0.4 is 0 Å². The third-order valence-electron chi connectivity index (χ3n) is 7.40. The predicted molar refractivity (Wildman–Crippen MR) is 123 cm³/mol. The quantitative estimate of drug-likeness (QED) is 0.422. The van der Waals surface area contributed by atoms with Crippen molar-refractivity contribution in [2.24, 2.45) is 0 Å². The molecular formula is C25H25FN4O4. The molecule has 0 spiro atoms. The van der Waals surface area contributed by atoms with Gasteiger partial charge in [-0.15, -0.1) is 0 Å². The van der Waals surface area contributed by atoms with Gasteiger partial charge in [0.2, 0.25) is 0 Å². The summed E-state index contributed by atoms with van der Waals surface area (Å²) in [6.07, 6.45) is 3.61. The van der Waals surface area contributed by atoms with Crippen molar-refractivity contribution in [2.45, 2.75) is 50.0 Å². The van der Waals surface area contributed by atoms with Crippen molar-refractivity contribution in [3.8, 4) is 5.69 Å². The lowest BCUT2D eigenvalue weighted by Gasteiger charge is -2.41. The largest absolute Gasteiger partial charge is 0.479 e. The Morgan fingerprint density at radius 3 is 2.71 bits per heavy atom. The summed E-state index contributed by atoms with van der Waals surface area (Å²) in [7, 11) is 0. The molecule has 0 atom stereocenters. The number of aromatic amines is 1. The molecule has 4 heterocycles. The van der Waals surface area contributed by atoms with Crippen LogP contribution in [0, 0.1) is 12.7 Å². The highest BCUT2D eigenvalue weighted by atomic mass is 19.1. The average molecular weight is 464 g/mol. The summed E-state index contributed by atoms with van der Waals surface area (Å²) in [5.74, 6) is -1.46. The Hall–Kier alpha value is -3.30. The SMILES string of the molecule is Cc1cc(-n2c(C3CCOCC3)c([C@H]3C[C@](O)(C(=O)O)C3)c3nc4[nH]ncc4cc32)ccc1F. The molecule has 0 bridgehead atoms. The summed E-state index contributed by atoms with van der Waals surface area (Å²) in [4.78, 5) is 16.5. The highest BCUT2D eigenvalue weighted by Crippen LogP contribution is 2.51. The molecule has 34 heavy (non-hydrogen) atoms. The van der Waals surface area contributed by atoms with Crippen LogP contribution in [-0.2, 0) is 9.53 Å². The number of pyridine rings is 1. The highest BCUT2D eigenvalue weighted by molar-refractivity contribution is 5.94. The number of H-pyrrole nitrogens is 1. The minimum Gasteiger partial charge on any atom is -0.479 e. The standard InChI is InChI=1S/C25H25FN4O4/c1-13-8-17(2-3-18(13)26)30-19-9-15-12-27-29-23(15)28-21(19)20(16-10-25(33,11-16)24(31)32)22(30)14-4-6-34-7-5-14/h2-3,8-9,12,14,16,33H,4-7,10-11H2,1H3,(H,31,32)(H,27,28,29)/t16-,25+. The van der Waals surface area contributed by atoms with Crippen molar-refractivity contribution in [3.05, 3.63) is 53.1 Å². The second kappa shape index (κ2) is 7.61. The number of nitrogens with zero attached hydrogens (tertiary/aromatic N) is 3. The van der Waals surface area contributed by atoms with Gasteiger partial charge in [0.05, 0.1) is 17.2 Å². The van der Waals surface area contributed by atoms with Gasteiger partial charge >= 0.3 is 5.97 Å². The van der Waals surface area contributed by atoms with E-state index in [2.05, 4.69) is 14.8 Å². The lowest BCUT2D eigenvalue weighted by Crippen LogP contribution is -2.49. The van der Waals surface area contributed by atoms with E-state index in [1.54, 1.807) is 19.2 Å². The van der Waals surface area contributed by atoms with Crippen LogP contribution in [0.1, 0.15) is 54.3 Å². The second-order valence-electron chi connectivity index (χ2n) is 9.56. The van der Waals surface area contributed by atoms with Crippen LogP contribution in [0.2, 0.25) is 0 Å². The van der Waals surface area contributed by atoms with Crippen molar-refractivity contribution >= 4 is 28.0 Å². The number of hydrogen-bond donors (Lipinski definition) is 3. The molecule has 3 N–H and O–H groups in total. The molecule has 8 nitrogen and oxygen atoms in total. The van der Waals surface area contributed by atoms with Gasteiger partial charge in [0.15, 0.2) is 11.2 Å². The normalized spacial score (nSPS) is 23.4. The number of carboxylic acids is 1. The van der Waals surface area contributed by atoms with E-state index in [4.69, 9.17) is 9.72 Å². The van der Waals surface area contributed by atoms with E-state index in [0.29, 0.717) is 24.4 Å². The van der Waals surface area contributed by atoms with Gasteiger partial charge in [-0.25, -0.2) is 14.2 Å². The van der Waals surface area contributed by atoms with Crippen LogP contribution in [0.3, 0.4) is 0 Å². The summed E-state index contributed by atoms with van der Waals surface area (Å²) in [5.41, 5.74) is 3.93. The second-order valence-corrected chi connectivity index (χ2v) is 9.56. The topological polar surface area (TPSA) is 113 Å². The van der Waals surface area contributed by atoms with Crippen molar-refractivity contribution in [1.29, 1.82) is 0 Å². The van der Waals surface area contributed by atoms with Gasteiger partial charge < -0.3 is 19.5 Å². The maximum absolute atomic E-state index is 14.2. The number of aryl methyl sites for hydroxylation is 1. The van der Waals surface area contributed by atoms with Gasteiger partial charge in [-0.3, -0.25) is 5.10 Å². The van der Waals surface area contributed by atoms with Crippen LogP contribution in [-0.4, -0.2) is 54.7 Å². The smallest absolute Gasteiger partial charge is 0.335 e. The van der Waals surface area contributed by atoms with E-state index in [1.165, 1.54) is 6.07 Å². The van der Waals surface area contributed by atoms with E-state index in [-0.39, 0.29) is 30.5 Å². The maximum Gasteiger partial charge on any atom is 0.335 e. The number of aromatic nitrogens is 4. The molecule has 2 aliphatic rings. The van der Waals surface area contributed by atoms with Gasteiger partial charge in [0.25, 0.3) is 0 Å². The molecule has 4 aromatic rings. The third kappa shape index (κ3) is 3.14. The van der Waals surface area contributed by atoms with E-state index < -0.39 is 11.6 Å². The van der Waals surface area contributed by atoms with Crippen LogP contribution >= 0.6 is 0 Å². The Morgan fingerprint density at radius 1 is 1.24 bits per heavy atom. The number of hydrogen-bond acceptors (Lipinski definition) is 5. The highest BCUT2D eigenvalue weighted by Gasteiger charge is 2.51. The van der Waals surface area contributed by atoms with Crippen molar-refractivity contribution < 1.29 is 24.1 Å². The van der Waals surface area contributed by atoms with Crippen molar-refractivity contribution in [1.82, 2.24) is 19.7 Å². The molecule has 176 valence electrons. The number of aliphatic hydroxyl groups is 1. The lowest BCUT2D eigenvalue weighted by atomic mass is 9.67. The number of aliphatic carboxylic acids is 1. The summed E-state index contributed by atoms with van der Waals surface area (Å²) >= 11 is 0. The van der Waals surface area contributed by atoms with Gasteiger partial charge in [0, 0.05) is 41.5 Å². The Kier molecular flexibility index (Phi) is 4.76. The summed E-state index contributed by atoms with van der Waals surface area (Å²) in [6, 6.07) is 7.09. The first-order valence-corrected chi connectivity index (χ1v) is 11.5. The van der Waals surface area contributed by atoms with Crippen LogP contribution in [0.25, 0.3) is 27.8 Å². The summed E-state index contributed by atoms with van der Waals surface area (Å²) in [5, 5.41) is 27.9. The maximum atomic E-state index is 14.2. The number of halogens is 1. The first-order chi connectivity index (χ1) is 16.4. The lowest BCUT2D eigenvalue weighted by molar-refractivity contribution is -0.169. The van der Waals surface area contributed by atoms with E-state index in [1.807, 2.05) is 12.1 Å². The van der Waals surface area contributed by atoms with Crippen LogP contribution in [0.5, 0.6) is 0 Å². The van der Waals surface area contributed by atoms with E-state index >= 15 is 0 Å². The number of benzene rings is 1. The Balaban J connectivity index is 1.65. The zero-order chi connectivity index (χ0) is 23.6. The van der Waals surface area contributed by atoms with Crippen molar-refractivity contribution in [3.63, 3.8) is 0 Å². The number of fused-ring (bicyclic) bond motifs is 2. The first kappa shape index (κ1) is 21.2. The van der Waals surface area contributed by atoms with Gasteiger partial charge in [-0.1, -0.05) is 0 Å². The molecule has 0 unspecified atom stereocenters. The fourth-order valence-electron chi connectivity index (χ4n) is 5.57. The van der Waals surface area contributed by atoms with Gasteiger partial charge in [-0.2, -0.15) is 5.10 Å². The zero-order valence-electron chi connectivity index (χ0n) is 18.7. The fraction of sp³-hybridized carbons (Fsp3) is 0.400. The molecule has 1 saturated carbocycles. The monoisotopic (exact) mass is 464 g/mol. The number of carbonyl (C=O) groups is 1. The molecule has 9 heteroatoms. The van der Waals surface area contributed by atoms with E-state index in [0.717, 1.165) is 46.2 Å². The number of carboxylic acid groups (broad SMARTS) is 1. The Morgan fingerprint density at radius 2 is 2.00 bits per heavy atom. The molecule has 6 rings (SSSR count). The van der Waals surface area contributed by atoms with Crippen LogP contribution in [0.4, 0.5) is 4.39 Å². The molecule has 1 aliphatic carbocycles. The summed E-state index contributed by atoms with van der Waals surface area (Å²) < 4.78 is 21.9. The molecule has 0 amide bonds. The fourth-order valence-corrected chi connectivity index (χ4v) is 5.57. The third-order valence-corrected chi connectivity index (χ3v) is 7.40. The first-order valence-electron chi connectivity index (χ1n) is 11.5. The average Bonchev–Trinajstić information content (AvgIpc) is 3.39. The number of rotatable bonds is 4.